The van der Waals surface area contributed by atoms with Gasteiger partial charge in [-0.05, 0) is 64.2 Å². The number of rotatable bonds is 18. The van der Waals surface area contributed by atoms with Gasteiger partial charge in [0, 0.05) is 42.9 Å². The van der Waals surface area contributed by atoms with Crippen molar-refractivity contribution in [3.05, 3.63) is 60.4 Å². The molecule has 3 atom stereocenters. The van der Waals surface area contributed by atoms with Crippen molar-refractivity contribution in [2.24, 2.45) is 23.3 Å². The second-order valence-electron chi connectivity index (χ2n) is 11.5. The standard InChI is InChI=1S/C22H44N6S.C7H12.C4H10.CH4/c1-8-11-25-18(6)28-19(7)27-17(5)22(15-29-12-10-23)26-14-21(24)13-20(9-2)16(3)4;1-7-5-3-2-4-6-7;1-4(2)3;/h21-22,25-28H,5-15,23-24H2,1-4H3;3,5,7H,2,4,6H2,1H3;4H,1-3H3;1H4/t21?,22-;;;/m0.../s1. The van der Waals surface area contributed by atoms with Crippen molar-refractivity contribution in [3.8, 4) is 0 Å². The van der Waals surface area contributed by atoms with Gasteiger partial charge >= 0.3 is 0 Å². The number of hydrogen-bond acceptors (Lipinski definition) is 7. The lowest BCUT2D eigenvalue weighted by Crippen LogP contribution is -2.45. The van der Waals surface area contributed by atoms with E-state index in [0.717, 1.165) is 67.2 Å². The van der Waals surface area contributed by atoms with E-state index < -0.39 is 0 Å². The van der Waals surface area contributed by atoms with Crippen LogP contribution in [0, 0.1) is 11.8 Å². The monoisotopic (exact) mass is 595 g/mol. The molecule has 0 saturated carbocycles. The first-order chi connectivity index (χ1) is 18.9. The van der Waals surface area contributed by atoms with Crippen molar-refractivity contribution in [2.45, 2.75) is 113 Å². The highest BCUT2D eigenvalue weighted by Crippen LogP contribution is 2.15. The fourth-order valence-electron chi connectivity index (χ4n) is 3.75. The SMILES string of the molecule is C.C=C(NCCC)NC(=C)NC(=C)[C@H](CSCCN)NCC(N)CC(CC)=C(C)C.CC(C)C.CC1C=CCCC1. The van der Waals surface area contributed by atoms with Gasteiger partial charge in [0.1, 0.15) is 5.82 Å². The summed E-state index contributed by atoms with van der Waals surface area (Å²) in [5, 5.41) is 13.1. The van der Waals surface area contributed by atoms with Crippen LogP contribution in [0.15, 0.2) is 60.4 Å². The summed E-state index contributed by atoms with van der Waals surface area (Å²) < 4.78 is 0. The van der Waals surface area contributed by atoms with Gasteiger partial charge in [-0.15, -0.1) is 0 Å². The average Bonchev–Trinajstić information content (AvgIpc) is 2.88. The lowest BCUT2D eigenvalue weighted by molar-refractivity contribution is 0.521. The van der Waals surface area contributed by atoms with Crippen molar-refractivity contribution in [3.63, 3.8) is 0 Å². The van der Waals surface area contributed by atoms with E-state index in [-0.39, 0.29) is 19.5 Å². The maximum absolute atomic E-state index is 6.38. The molecule has 8 N–H and O–H groups in total. The zero-order chi connectivity index (χ0) is 30.9. The third-order valence-electron chi connectivity index (χ3n) is 5.93. The molecule has 0 spiro atoms. The predicted octanol–water partition coefficient (Wildman–Crippen LogP) is 7.40. The van der Waals surface area contributed by atoms with Gasteiger partial charge < -0.3 is 32.7 Å². The predicted molar refractivity (Wildman–Crippen MR) is 191 cm³/mol. The Morgan fingerprint density at radius 3 is 2.15 bits per heavy atom. The van der Waals surface area contributed by atoms with E-state index in [0.29, 0.717) is 12.4 Å². The van der Waals surface area contributed by atoms with Crippen molar-refractivity contribution in [2.75, 3.05) is 31.1 Å². The summed E-state index contributed by atoms with van der Waals surface area (Å²) in [7, 11) is 0. The molecule has 0 bridgehead atoms. The molecule has 1 aliphatic carbocycles. The fourth-order valence-corrected chi connectivity index (χ4v) is 4.64. The number of nitrogens with two attached hydrogens (primary N) is 2. The van der Waals surface area contributed by atoms with Gasteiger partial charge in [-0.3, -0.25) is 0 Å². The third-order valence-corrected chi connectivity index (χ3v) is 7.03. The first-order valence-electron chi connectivity index (χ1n) is 15.3. The second-order valence-corrected chi connectivity index (χ2v) is 12.6. The molecule has 0 aromatic heterocycles. The van der Waals surface area contributed by atoms with Crippen LogP contribution in [0.2, 0.25) is 0 Å². The molecule has 2 unspecified atom stereocenters. The van der Waals surface area contributed by atoms with Crippen LogP contribution in [0.1, 0.15) is 101 Å². The van der Waals surface area contributed by atoms with Gasteiger partial charge in [0.2, 0.25) is 0 Å². The third kappa shape index (κ3) is 28.2. The van der Waals surface area contributed by atoms with Crippen LogP contribution in [-0.4, -0.2) is 43.2 Å². The molecule has 0 aromatic carbocycles. The highest BCUT2D eigenvalue weighted by Gasteiger charge is 2.16. The summed E-state index contributed by atoms with van der Waals surface area (Å²) in [6.45, 7) is 31.8. The minimum absolute atomic E-state index is 0. The van der Waals surface area contributed by atoms with E-state index in [9.17, 15) is 0 Å². The number of nitrogens with one attached hydrogen (secondary N) is 4. The maximum Gasteiger partial charge on any atom is 0.101 e. The Kier molecular flexibility index (Phi) is 30.4. The molecule has 0 aromatic rings. The average molecular weight is 595 g/mol. The Labute approximate surface area is 260 Å². The van der Waals surface area contributed by atoms with E-state index in [1.807, 2.05) is 0 Å². The molecule has 1 aliphatic rings. The van der Waals surface area contributed by atoms with Crippen LogP contribution in [0.3, 0.4) is 0 Å². The Morgan fingerprint density at radius 2 is 1.71 bits per heavy atom. The molecular weight excluding hydrogens is 524 g/mol. The van der Waals surface area contributed by atoms with Crippen molar-refractivity contribution in [1.82, 2.24) is 21.3 Å². The molecule has 0 saturated heterocycles. The van der Waals surface area contributed by atoms with Crippen LogP contribution >= 0.6 is 11.8 Å². The largest absolute Gasteiger partial charge is 0.372 e. The van der Waals surface area contributed by atoms with Gasteiger partial charge in [-0.25, -0.2) is 0 Å². The molecule has 0 heterocycles. The van der Waals surface area contributed by atoms with Gasteiger partial charge in [0.25, 0.3) is 0 Å². The summed E-state index contributed by atoms with van der Waals surface area (Å²) in [6.07, 6.45) is 11.7. The van der Waals surface area contributed by atoms with Crippen LogP contribution in [-0.2, 0) is 0 Å². The van der Waals surface area contributed by atoms with Crippen molar-refractivity contribution >= 4 is 11.8 Å². The van der Waals surface area contributed by atoms with E-state index in [2.05, 4.69) is 109 Å². The van der Waals surface area contributed by atoms with Gasteiger partial charge in [0.05, 0.1) is 11.9 Å². The van der Waals surface area contributed by atoms with Crippen LogP contribution in [0.25, 0.3) is 0 Å². The zero-order valence-electron chi connectivity index (χ0n) is 27.4. The summed E-state index contributed by atoms with van der Waals surface area (Å²) in [5.74, 6) is 4.82. The molecule has 1 rings (SSSR count). The Balaban J connectivity index is -0.000000996. The smallest absolute Gasteiger partial charge is 0.101 e. The molecule has 0 radical (unpaired) electrons. The highest BCUT2D eigenvalue weighted by molar-refractivity contribution is 7.99. The Hall–Kier alpha value is -1.67. The van der Waals surface area contributed by atoms with Crippen LogP contribution in [0.4, 0.5) is 0 Å². The lowest BCUT2D eigenvalue weighted by atomic mass is 9.98. The summed E-state index contributed by atoms with van der Waals surface area (Å²) in [4.78, 5) is 0. The Morgan fingerprint density at radius 1 is 1.07 bits per heavy atom. The lowest BCUT2D eigenvalue weighted by Gasteiger charge is -2.26. The quantitative estimate of drug-likeness (QED) is 0.0726. The fraction of sp³-hybridized carbons (Fsp3) is 0.706. The zero-order valence-corrected chi connectivity index (χ0v) is 28.2. The van der Waals surface area contributed by atoms with Gasteiger partial charge in [-0.1, -0.05) is 92.0 Å². The van der Waals surface area contributed by atoms with E-state index in [1.54, 1.807) is 11.8 Å². The number of hydrogen-bond donors (Lipinski definition) is 6. The first kappa shape index (κ1) is 43.8. The minimum atomic E-state index is 0. The highest BCUT2D eigenvalue weighted by atomic mass is 32.2. The van der Waals surface area contributed by atoms with Crippen LogP contribution in [0.5, 0.6) is 0 Å². The molecule has 0 fully saturated rings. The molecule has 7 heteroatoms. The topological polar surface area (TPSA) is 100 Å². The Bertz CT molecular complexity index is 737. The normalized spacial score (nSPS) is 15.0. The summed E-state index contributed by atoms with van der Waals surface area (Å²) in [5.41, 5.74) is 15.7. The van der Waals surface area contributed by atoms with E-state index in [1.165, 1.54) is 30.4 Å². The summed E-state index contributed by atoms with van der Waals surface area (Å²) >= 11 is 1.80. The maximum atomic E-state index is 6.38. The van der Waals surface area contributed by atoms with E-state index >= 15 is 0 Å². The van der Waals surface area contributed by atoms with Gasteiger partial charge in [-0.2, -0.15) is 11.8 Å². The molecular formula is C34H70N6S. The number of allylic oxidation sites excluding steroid dienone is 3. The summed E-state index contributed by atoms with van der Waals surface area (Å²) in [6, 6.07) is 0.124. The molecule has 41 heavy (non-hydrogen) atoms. The first-order valence-corrected chi connectivity index (χ1v) is 16.5. The van der Waals surface area contributed by atoms with Crippen molar-refractivity contribution in [1.29, 1.82) is 0 Å². The molecule has 0 aliphatic heterocycles. The molecule has 6 nitrogen and oxygen atoms in total. The number of thioether (sulfide) groups is 1. The van der Waals surface area contributed by atoms with Crippen LogP contribution < -0.4 is 32.7 Å². The molecule has 0 amide bonds. The van der Waals surface area contributed by atoms with E-state index in [4.69, 9.17) is 11.5 Å². The second kappa shape index (κ2) is 28.4. The van der Waals surface area contributed by atoms with Gasteiger partial charge in [0.15, 0.2) is 0 Å². The van der Waals surface area contributed by atoms with Crippen molar-refractivity contribution < 1.29 is 0 Å². The minimum Gasteiger partial charge on any atom is -0.372 e. The molecule has 242 valence electrons.